The van der Waals surface area contributed by atoms with Gasteiger partial charge in [-0.25, -0.2) is 4.79 Å². The summed E-state index contributed by atoms with van der Waals surface area (Å²) in [6, 6.07) is 4.11. The third-order valence-electron chi connectivity index (χ3n) is 3.64. The van der Waals surface area contributed by atoms with E-state index in [4.69, 9.17) is 4.74 Å². The molecule has 1 aromatic heterocycles. The van der Waals surface area contributed by atoms with Gasteiger partial charge in [0.1, 0.15) is 5.60 Å². The predicted octanol–water partition coefficient (Wildman–Crippen LogP) is 3.24. The van der Waals surface area contributed by atoms with Crippen LogP contribution in [0.1, 0.15) is 45.2 Å². The lowest BCUT2D eigenvalue weighted by Crippen LogP contribution is -2.41. The van der Waals surface area contributed by atoms with E-state index in [1.165, 1.54) is 0 Å². The molecule has 1 saturated heterocycles. The van der Waals surface area contributed by atoms with Gasteiger partial charge < -0.3 is 15.0 Å². The fourth-order valence-corrected chi connectivity index (χ4v) is 2.48. The third kappa shape index (κ3) is 4.34. The Morgan fingerprint density at radius 2 is 2.00 bits per heavy atom. The number of hydrogen-bond acceptors (Lipinski definition) is 4. The Kier molecular flexibility index (Phi) is 4.70. The number of pyridine rings is 1. The first-order valence-corrected chi connectivity index (χ1v) is 7.50. The van der Waals surface area contributed by atoms with E-state index in [2.05, 4.69) is 16.4 Å². The van der Waals surface area contributed by atoms with Gasteiger partial charge in [-0.15, -0.1) is 0 Å². The molecule has 1 N–H and O–H groups in total. The molecule has 1 amide bonds. The molecule has 5 heteroatoms. The number of anilines is 1. The van der Waals surface area contributed by atoms with Gasteiger partial charge in [-0.1, -0.05) is 0 Å². The van der Waals surface area contributed by atoms with Crippen molar-refractivity contribution in [2.45, 2.75) is 45.1 Å². The molecule has 2 heterocycles. The molecule has 0 atom stereocenters. The van der Waals surface area contributed by atoms with Gasteiger partial charge in [-0.3, -0.25) is 4.98 Å². The highest BCUT2D eigenvalue weighted by molar-refractivity contribution is 5.68. The quantitative estimate of drug-likeness (QED) is 0.909. The number of hydrogen-bond donors (Lipinski definition) is 1. The molecule has 0 aliphatic carbocycles. The SMILES string of the molecule is CNc1ccc(C2CCN(C(=O)OC(C)(C)C)CC2)nc1. The molecule has 21 heavy (non-hydrogen) atoms. The first-order chi connectivity index (χ1) is 9.89. The summed E-state index contributed by atoms with van der Waals surface area (Å²) in [5, 5.41) is 3.07. The average molecular weight is 291 g/mol. The predicted molar refractivity (Wildman–Crippen MR) is 83.6 cm³/mol. The Labute approximate surface area is 126 Å². The van der Waals surface area contributed by atoms with Gasteiger partial charge in [0.2, 0.25) is 0 Å². The summed E-state index contributed by atoms with van der Waals surface area (Å²) < 4.78 is 5.41. The van der Waals surface area contributed by atoms with Crippen LogP contribution in [0.25, 0.3) is 0 Å². The summed E-state index contributed by atoms with van der Waals surface area (Å²) in [6.45, 7) is 7.14. The Morgan fingerprint density at radius 3 is 2.48 bits per heavy atom. The maximum Gasteiger partial charge on any atom is 0.410 e. The van der Waals surface area contributed by atoms with Crippen molar-refractivity contribution < 1.29 is 9.53 Å². The Hall–Kier alpha value is -1.78. The van der Waals surface area contributed by atoms with E-state index in [0.717, 1.165) is 37.3 Å². The molecule has 0 unspecified atom stereocenters. The van der Waals surface area contributed by atoms with Gasteiger partial charge in [0.05, 0.1) is 11.9 Å². The number of rotatable bonds is 2. The van der Waals surface area contributed by atoms with Crippen molar-refractivity contribution in [1.82, 2.24) is 9.88 Å². The van der Waals surface area contributed by atoms with Gasteiger partial charge in [0.15, 0.2) is 0 Å². The van der Waals surface area contributed by atoms with Gasteiger partial charge in [0, 0.05) is 31.7 Å². The third-order valence-corrected chi connectivity index (χ3v) is 3.64. The maximum atomic E-state index is 12.0. The zero-order chi connectivity index (χ0) is 15.5. The van der Waals surface area contributed by atoms with Gasteiger partial charge >= 0.3 is 6.09 Å². The molecule has 0 saturated carbocycles. The summed E-state index contributed by atoms with van der Waals surface area (Å²) in [7, 11) is 1.88. The second-order valence-electron chi connectivity index (χ2n) is 6.46. The van der Waals surface area contributed by atoms with Crippen molar-refractivity contribution in [1.29, 1.82) is 0 Å². The van der Waals surface area contributed by atoms with E-state index >= 15 is 0 Å². The van der Waals surface area contributed by atoms with Crippen molar-refractivity contribution in [3.8, 4) is 0 Å². The van der Waals surface area contributed by atoms with E-state index < -0.39 is 5.60 Å². The van der Waals surface area contributed by atoms with Crippen molar-refractivity contribution >= 4 is 11.8 Å². The summed E-state index contributed by atoms with van der Waals surface area (Å²) in [5.74, 6) is 0.426. The van der Waals surface area contributed by atoms with Crippen LogP contribution in [-0.2, 0) is 4.74 Å². The first kappa shape index (κ1) is 15.6. The van der Waals surface area contributed by atoms with E-state index in [1.54, 1.807) is 4.90 Å². The second-order valence-corrected chi connectivity index (χ2v) is 6.46. The van der Waals surface area contributed by atoms with E-state index in [-0.39, 0.29) is 6.09 Å². The molecule has 0 spiro atoms. The molecule has 1 aliphatic heterocycles. The van der Waals surface area contributed by atoms with Crippen LogP contribution in [0.4, 0.5) is 10.5 Å². The smallest absolute Gasteiger partial charge is 0.410 e. The zero-order valence-corrected chi connectivity index (χ0v) is 13.3. The second kappa shape index (κ2) is 6.33. The van der Waals surface area contributed by atoms with Crippen molar-refractivity contribution in [3.63, 3.8) is 0 Å². The van der Waals surface area contributed by atoms with Gasteiger partial charge in [-0.05, 0) is 45.7 Å². The molecule has 0 bridgehead atoms. The number of aromatic nitrogens is 1. The maximum absolute atomic E-state index is 12.0. The fraction of sp³-hybridized carbons (Fsp3) is 0.625. The normalized spacial score (nSPS) is 16.7. The summed E-state index contributed by atoms with van der Waals surface area (Å²) in [4.78, 5) is 18.3. The lowest BCUT2D eigenvalue weighted by Gasteiger charge is -2.33. The summed E-state index contributed by atoms with van der Waals surface area (Å²) in [6.07, 6.45) is 3.52. The van der Waals surface area contributed by atoms with Crippen LogP contribution in [0.15, 0.2) is 18.3 Å². The zero-order valence-electron chi connectivity index (χ0n) is 13.3. The highest BCUT2D eigenvalue weighted by atomic mass is 16.6. The van der Waals surface area contributed by atoms with E-state index in [1.807, 2.05) is 40.1 Å². The van der Waals surface area contributed by atoms with E-state index in [9.17, 15) is 4.79 Å². The van der Waals surface area contributed by atoms with Gasteiger partial charge in [0.25, 0.3) is 0 Å². The monoisotopic (exact) mass is 291 g/mol. The van der Waals surface area contributed by atoms with Crippen LogP contribution < -0.4 is 5.32 Å². The summed E-state index contributed by atoms with van der Waals surface area (Å²) in [5.41, 5.74) is 1.70. The lowest BCUT2D eigenvalue weighted by molar-refractivity contribution is 0.0204. The number of likely N-dealkylation sites (tertiary alicyclic amines) is 1. The number of carbonyl (C=O) groups is 1. The molecular weight excluding hydrogens is 266 g/mol. The van der Waals surface area contributed by atoms with Crippen LogP contribution in [0, 0.1) is 0 Å². The molecule has 0 radical (unpaired) electrons. The largest absolute Gasteiger partial charge is 0.444 e. The minimum atomic E-state index is -0.432. The minimum Gasteiger partial charge on any atom is -0.444 e. The van der Waals surface area contributed by atoms with Gasteiger partial charge in [-0.2, -0.15) is 0 Å². The number of nitrogens with zero attached hydrogens (tertiary/aromatic N) is 2. The summed E-state index contributed by atoms with van der Waals surface area (Å²) >= 11 is 0. The Morgan fingerprint density at radius 1 is 1.33 bits per heavy atom. The lowest BCUT2D eigenvalue weighted by atomic mass is 9.93. The Balaban J connectivity index is 1.89. The van der Waals surface area contributed by atoms with Crippen LogP contribution in [-0.4, -0.2) is 41.7 Å². The molecule has 2 rings (SSSR count). The number of piperidine rings is 1. The van der Waals surface area contributed by atoms with Crippen LogP contribution in [0.5, 0.6) is 0 Å². The highest BCUT2D eigenvalue weighted by Crippen LogP contribution is 2.27. The average Bonchev–Trinajstić information content (AvgIpc) is 2.46. The molecule has 1 aliphatic rings. The van der Waals surface area contributed by atoms with E-state index in [0.29, 0.717) is 5.92 Å². The standard InChI is InChI=1S/C16H25N3O2/c1-16(2,3)21-15(20)19-9-7-12(8-10-19)14-6-5-13(17-4)11-18-14/h5-6,11-12,17H,7-10H2,1-4H3. The number of nitrogens with one attached hydrogen (secondary N) is 1. The topological polar surface area (TPSA) is 54.5 Å². The number of amides is 1. The minimum absolute atomic E-state index is 0.209. The first-order valence-electron chi connectivity index (χ1n) is 7.50. The molecule has 1 fully saturated rings. The fourth-order valence-electron chi connectivity index (χ4n) is 2.48. The van der Waals surface area contributed by atoms with Crippen LogP contribution in [0.3, 0.4) is 0 Å². The van der Waals surface area contributed by atoms with Crippen LogP contribution >= 0.6 is 0 Å². The molecule has 5 nitrogen and oxygen atoms in total. The highest BCUT2D eigenvalue weighted by Gasteiger charge is 2.27. The number of ether oxygens (including phenoxy) is 1. The molecular formula is C16H25N3O2. The molecule has 0 aromatic carbocycles. The van der Waals surface area contributed by atoms with Crippen molar-refractivity contribution in [3.05, 3.63) is 24.0 Å². The van der Waals surface area contributed by atoms with Crippen molar-refractivity contribution in [2.75, 3.05) is 25.5 Å². The molecule has 1 aromatic rings. The van der Waals surface area contributed by atoms with Crippen LogP contribution in [0.2, 0.25) is 0 Å². The van der Waals surface area contributed by atoms with Crippen molar-refractivity contribution in [2.24, 2.45) is 0 Å². The Bertz CT molecular complexity index is 471. The number of carbonyl (C=O) groups excluding carboxylic acids is 1. The molecule has 116 valence electrons.